The van der Waals surface area contributed by atoms with Gasteiger partial charge in [-0.3, -0.25) is 9.59 Å². The quantitative estimate of drug-likeness (QED) is 0.558. The predicted molar refractivity (Wildman–Crippen MR) is 122 cm³/mol. The van der Waals surface area contributed by atoms with Gasteiger partial charge in [-0.1, -0.05) is 65.2 Å². The third-order valence-corrected chi connectivity index (χ3v) is 5.47. The highest BCUT2D eigenvalue weighted by Gasteiger charge is 2.41. The Labute approximate surface area is 180 Å². The van der Waals surface area contributed by atoms with Gasteiger partial charge in [-0.25, -0.2) is 4.90 Å². The molecule has 0 aliphatic carbocycles. The summed E-state index contributed by atoms with van der Waals surface area (Å²) >= 11 is 6.32. The Kier molecular flexibility index (Phi) is 5.18. The van der Waals surface area contributed by atoms with Crippen LogP contribution in [0.15, 0.2) is 72.4 Å². The minimum Gasteiger partial charge on any atom is -0.350 e. The van der Waals surface area contributed by atoms with Crippen molar-refractivity contribution < 1.29 is 9.59 Å². The fourth-order valence-electron chi connectivity index (χ4n) is 3.62. The molecule has 0 unspecified atom stereocenters. The number of carbonyl (C=O) groups excluding carboxylic acids is 2. The highest BCUT2D eigenvalue weighted by molar-refractivity contribution is 6.48. The molecule has 4 rings (SSSR count). The van der Waals surface area contributed by atoms with Gasteiger partial charge in [0.2, 0.25) is 0 Å². The van der Waals surface area contributed by atoms with Crippen LogP contribution in [0.4, 0.5) is 11.4 Å². The number of aryl methyl sites for hydroxylation is 3. The summed E-state index contributed by atoms with van der Waals surface area (Å²) in [5, 5.41) is 3.53. The van der Waals surface area contributed by atoms with E-state index in [4.69, 9.17) is 11.6 Å². The topological polar surface area (TPSA) is 49.4 Å². The van der Waals surface area contributed by atoms with E-state index in [-0.39, 0.29) is 5.70 Å². The van der Waals surface area contributed by atoms with E-state index in [1.54, 1.807) is 24.3 Å². The zero-order valence-corrected chi connectivity index (χ0v) is 17.7. The number of imide groups is 1. The summed E-state index contributed by atoms with van der Waals surface area (Å²) in [6.07, 6.45) is 0. The molecule has 2 amide bonds. The van der Waals surface area contributed by atoms with Crippen molar-refractivity contribution in [1.29, 1.82) is 0 Å². The van der Waals surface area contributed by atoms with Crippen molar-refractivity contribution in [2.45, 2.75) is 20.8 Å². The van der Waals surface area contributed by atoms with Gasteiger partial charge in [-0.15, -0.1) is 0 Å². The Balaban J connectivity index is 1.87. The number of para-hydroxylation sites is 1. The Bertz CT molecular complexity index is 1200. The van der Waals surface area contributed by atoms with Gasteiger partial charge < -0.3 is 5.32 Å². The summed E-state index contributed by atoms with van der Waals surface area (Å²) in [6, 6.07) is 20.4. The Morgan fingerprint density at radius 2 is 1.47 bits per heavy atom. The molecule has 0 saturated carbocycles. The van der Waals surface area contributed by atoms with Crippen LogP contribution < -0.4 is 10.2 Å². The van der Waals surface area contributed by atoms with E-state index in [1.807, 2.05) is 63.2 Å². The summed E-state index contributed by atoms with van der Waals surface area (Å²) in [5.74, 6) is -0.821. The number of hydrogen-bond acceptors (Lipinski definition) is 3. The molecule has 1 N–H and O–H groups in total. The zero-order chi connectivity index (χ0) is 21.4. The van der Waals surface area contributed by atoms with Gasteiger partial charge in [-0.2, -0.15) is 0 Å². The van der Waals surface area contributed by atoms with E-state index < -0.39 is 11.8 Å². The monoisotopic (exact) mass is 416 g/mol. The summed E-state index contributed by atoms with van der Waals surface area (Å²) in [4.78, 5) is 28.1. The summed E-state index contributed by atoms with van der Waals surface area (Å²) in [5.41, 5.74) is 5.55. The van der Waals surface area contributed by atoms with Gasteiger partial charge in [-0.05, 0) is 56.2 Å². The van der Waals surface area contributed by atoms with Crippen molar-refractivity contribution in [1.82, 2.24) is 0 Å². The molecule has 0 bridgehead atoms. The van der Waals surface area contributed by atoms with Crippen molar-refractivity contribution in [3.63, 3.8) is 0 Å². The van der Waals surface area contributed by atoms with Gasteiger partial charge in [0.15, 0.2) is 0 Å². The van der Waals surface area contributed by atoms with Gasteiger partial charge in [0.25, 0.3) is 11.8 Å². The van der Waals surface area contributed by atoms with E-state index in [0.717, 1.165) is 32.8 Å². The van der Waals surface area contributed by atoms with Crippen LogP contribution in [0.25, 0.3) is 5.57 Å². The second kappa shape index (κ2) is 7.81. The van der Waals surface area contributed by atoms with Crippen LogP contribution in [0.1, 0.15) is 22.3 Å². The normalized spacial score (nSPS) is 13.9. The third kappa shape index (κ3) is 3.51. The van der Waals surface area contributed by atoms with Crippen LogP contribution in [0.5, 0.6) is 0 Å². The first-order valence-electron chi connectivity index (χ1n) is 9.65. The molecule has 0 atom stereocenters. The highest BCUT2D eigenvalue weighted by atomic mass is 35.5. The lowest BCUT2D eigenvalue weighted by molar-refractivity contribution is -0.120. The van der Waals surface area contributed by atoms with Crippen LogP contribution in [-0.4, -0.2) is 11.8 Å². The number of carbonyl (C=O) groups is 2. The summed E-state index contributed by atoms with van der Waals surface area (Å²) in [7, 11) is 0. The molecule has 4 nitrogen and oxygen atoms in total. The number of benzene rings is 3. The van der Waals surface area contributed by atoms with Crippen molar-refractivity contribution in [3.05, 3.63) is 99.7 Å². The fraction of sp³-hybridized carbons (Fsp3) is 0.120. The molecule has 150 valence electrons. The minimum atomic E-state index is -0.427. The van der Waals surface area contributed by atoms with Crippen LogP contribution in [0, 0.1) is 20.8 Å². The summed E-state index contributed by atoms with van der Waals surface area (Å²) in [6.45, 7) is 5.93. The minimum absolute atomic E-state index is 0.246. The molecule has 1 heterocycles. The second-order valence-corrected chi connectivity index (χ2v) is 7.86. The maximum Gasteiger partial charge on any atom is 0.282 e. The van der Waals surface area contributed by atoms with Gasteiger partial charge in [0.05, 0.1) is 16.3 Å². The number of nitrogens with one attached hydrogen (secondary N) is 1. The molecule has 0 saturated heterocycles. The number of rotatable bonds is 4. The first-order valence-corrected chi connectivity index (χ1v) is 10.0. The molecule has 0 spiro atoms. The van der Waals surface area contributed by atoms with Crippen molar-refractivity contribution in [3.8, 4) is 0 Å². The molecule has 30 heavy (non-hydrogen) atoms. The average molecular weight is 417 g/mol. The molecular weight excluding hydrogens is 396 g/mol. The standard InChI is InChI=1S/C25H21ClN2O2/c1-15-8-11-18(12-9-15)27-23-22(19-13-10-16(2)14-17(19)3)24(29)28(25(23)30)21-7-5-4-6-20(21)26/h4-14,27H,1-3H3. The van der Waals surface area contributed by atoms with E-state index in [2.05, 4.69) is 5.32 Å². The van der Waals surface area contributed by atoms with Crippen LogP contribution >= 0.6 is 11.6 Å². The zero-order valence-electron chi connectivity index (χ0n) is 17.0. The Morgan fingerprint density at radius 1 is 0.800 bits per heavy atom. The highest BCUT2D eigenvalue weighted by Crippen LogP contribution is 2.37. The number of hydrogen-bond donors (Lipinski definition) is 1. The van der Waals surface area contributed by atoms with E-state index in [0.29, 0.717) is 16.3 Å². The maximum atomic E-state index is 13.5. The number of halogens is 1. The number of anilines is 2. The molecule has 0 fully saturated rings. The Hall–Kier alpha value is -3.37. The molecule has 3 aromatic rings. The van der Waals surface area contributed by atoms with Gasteiger partial charge in [0, 0.05) is 5.69 Å². The van der Waals surface area contributed by atoms with E-state index in [1.165, 1.54) is 0 Å². The SMILES string of the molecule is Cc1ccc(NC2=C(c3ccc(C)cc3C)C(=O)N(c3ccccc3Cl)C2=O)cc1. The molecule has 0 radical (unpaired) electrons. The van der Waals surface area contributed by atoms with Crippen molar-refractivity contribution in [2.75, 3.05) is 10.2 Å². The number of amides is 2. The average Bonchev–Trinajstić information content (AvgIpc) is 2.94. The first-order chi connectivity index (χ1) is 14.4. The van der Waals surface area contributed by atoms with E-state index in [9.17, 15) is 9.59 Å². The smallest absolute Gasteiger partial charge is 0.282 e. The van der Waals surface area contributed by atoms with Crippen LogP contribution in [-0.2, 0) is 9.59 Å². The Morgan fingerprint density at radius 3 is 2.13 bits per heavy atom. The molecular formula is C25H21ClN2O2. The molecule has 3 aromatic carbocycles. The maximum absolute atomic E-state index is 13.5. The van der Waals surface area contributed by atoms with Crippen molar-refractivity contribution in [2.24, 2.45) is 0 Å². The molecule has 1 aliphatic rings. The lowest BCUT2D eigenvalue weighted by Crippen LogP contribution is -2.32. The number of nitrogens with zero attached hydrogens (tertiary/aromatic N) is 1. The molecule has 0 aromatic heterocycles. The van der Waals surface area contributed by atoms with Crippen LogP contribution in [0.3, 0.4) is 0 Å². The molecule has 1 aliphatic heterocycles. The van der Waals surface area contributed by atoms with Crippen LogP contribution in [0.2, 0.25) is 5.02 Å². The first kappa shape index (κ1) is 19.9. The largest absolute Gasteiger partial charge is 0.350 e. The second-order valence-electron chi connectivity index (χ2n) is 7.46. The van der Waals surface area contributed by atoms with Gasteiger partial charge in [0.1, 0.15) is 5.70 Å². The molecule has 5 heteroatoms. The lowest BCUT2D eigenvalue weighted by Gasteiger charge is -2.17. The van der Waals surface area contributed by atoms with Gasteiger partial charge >= 0.3 is 0 Å². The third-order valence-electron chi connectivity index (χ3n) is 5.15. The summed E-state index contributed by atoms with van der Waals surface area (Å²) < 4.78 is 0. The predicted octanol–water partition coefficient (Wildman–Crippen LogP) is 5.66. The van der Waals surface area contributed by atoms with Crippen molar-refractivity contribution >= 4 is 40.4 Å². The lowest BCUT2D eigenvalue weighted by atomic mass is 9.97. The van der Waals surface area contributed by atoms with E-state index >= 15 is 0 Å². The fourth-order valence-corrected chi connectivity index (χ4v) is 3.84.